The maximum absolute atomic E-state index is 12.3. The van der Waals surface area contributed by atoms with E-state index in [9.17, 15) is 9.90 Å². The Labute approximate surface area is 107 Å². The summed E-state index contributed by atoms with van der Waals surface area (Å²) >= 11 is 0. The van der Waals surface area contributed by atoms with Crippen molar-refractivity contribution in [2.24, 2.45) is 0 Å². The molecule has 1 amide bonds. The molecule has 18 heavy (non-hydrogen) atoms. The second kappa shape index (κ2) is 4.74. The molecule has 5 nitrogen and oxygen atoms in total. The Hall–Kier alpha value is -1.33. The Kier molecular flexibility index (Phi) is 3.45. The van der Waals surface area contributed by atoms with E-state index in [4.69, 9.17) is 4.42 Å². The van der Waals surface area contributed by atoms with Gasteiger partial charge < -0.3 is 14.4 Å². The molecule has 0 radical (unpaired) electrons. The molecule has 1 fully saturated rings. The number of carbonyl (C=O) groups is 1. The molecular weight excluding hydrogens is 232 g/mol. The lowest BCUT2D eigenvalue weighted by Crippen LogP contribution is -2.65. The number of carbonyl (C=O) groups excluding carboxylic acids is 1. The highest BCUT2D eigenvalue weighted by Crippen LogP contribution is 2.25. The van der Waals surface area contributed by atoms with Crippen LogP contribution in [-0.2, 0) is 11.3 Å². The summed E-state index contributed by atoms with van der Waals surface area (Å²) in [5, 5.41) is 9.40. The molecule has 1 atom stereocenters. The summed E-state index contributed by atoms with van der Waals surface area (Å²) in [7, 11) is 1.88. The molecule has 1 aliphatic rings. The quantitative estimate of drug-likeness (QED) is 0.860. The summed E-state index contributed by atoms with van der Waals surface area (Å²) in [6.07, 6.45) is 1.60. The molecule has 0 saturated carbocycles. The first-order valence-electron chi connectivity index (χ1n) is 6.10. The van der Waals surface area contributed by atoms with Crippen LogP contribution in [0.15, 0.2) is 22.8 Å². The van der Waals surface area contributed by atoms with Gasteiger partial charge in [-0.25, -0.2) is 0 Å². The normalized spacial score (nSPS) is 24.6. The molecule has 1 unspecified atom stereocenters. The number of amides is 1. The van der Waals surface area contributed by atoms with E-state index in [1.807, 2.05) is 24.1 Å². The molecule has 2 heterocycles. The first-order valence-corrected chi connectivity index (χ1v) is 6.10. The zero-order valence-electron chi connectivity index (χ0n) is 11.1. The molecular formula is C13H20N2O3. The van der Waals surface area contributed by atoms with Gasteiger partial charge in [0.15, 0.2) is 0 Å². The molecule has 100 valence electrons. The van der Waals surface area contributed by atoms with Crippen LogP contribution in [-0.4, -0.2) is 52.6 Å². The van der Waals surface area contributed by atoms with Gasteiger partial charge in [-0.2, -0.15) is 0 Å². The average Bonchev–Trinajstić information content (AvgIpc) is 2.79. The van der Waals surface area contributed by atoms with Crippen molar-refractivity contribution in [3.8, 4) is 0 Å². The molecule has 0 spiro atoms. The van der Waals surface area contributed by atoms with Gasteiger partial charge in [0.25, 0.3) is 0 Å². The first-order chi connectivity index (χ1) is 8.45. The van der Waals surface area contributed by atoms with Gasteiger partial charge in [0.05, 0.1) is 19.4 Å². The van der Waals surface area contributed by atoms with Gasteiger partial charge in [0.1, 0.15) is 11.8 Å². The second-order valence-corrected chi connectivity index (χ2v) is 5.40. The average molecular weight is 252 g/mol. The maximum Gasteiger partial charge on any atom is 0.242 e. The number of furan rings is 1. The van der Waals surface area contributed by atoms with Crippen molar-refractivity contribution in [1.29, 1.82) is 0 Å². The molecule has 5 heteroatoms. The van der Waals surface area contributed by atoms with Crippen LogP contribution in [0.2, 0.25) is 0 Å². The predicted octanol–water partition coefficient (Wildman–Crippen LogP) is 0.693. The summed E-state index contributed by atoms with van der Waals surface area (Å²) in [4.78, 5) is 16.0. The van der Waals surface area contributed by atoms with E-state index in [2.05, 4.69) is 13.8 Å². The number of hydrogen-bond acceptors (Lipinski definition) is 4. The Bertz CT molecular complexity index is 414. The van der Waals surface area contributed by atoms with E-state index >= 15 is 0 Å². The van der Waals surface area contributed by atoms with Gasteiger partial charge >= 0.3 is 0 Å². The van der Waals surface area contributed by atoms with Gasteiger partial charge in [-0.05, 0) is 33.0 Å². The van der Waals surface area contributed by atoms with Crippen LogP contribution in [0, 0.1) is 0 Å². The van der Waals surface area contributed by atoms with Crippen molar-refractivity contribution in [3.63, 3.8) is 0 Å². The summed E-state index contributed by atoms with van der Waals surface area (Å²) in [5.41, 5.74) is -0.159. The number of likely N-dealkylation sites (N-methyl/N-ethyl adjacent to an activating group) is 1. The van der Waals surface area contributed by atoms with Crippen molar-refractivity contribution in [3.05, 3.63) is 24.2 Å². The zero-order valence-corrected chi connectivity index (χ0v) is 11.1. The monoisotopic (exact) mass is 252 g/mol. The summed E-state index contributed by atoms with van der Waals surface area (Å²) in [5.74, 6) is 0.719. The van der Waals surface area contributed by atoms with Crippen LogP contribution in [0.4, 0.5) is 0 Å². The van der Waals surface area contributed by atoms with Crippen LogP contribution < -0.4 is 0 Å². The van der Waals surface area contributed by atoms with Crippen molar-refractivity contribution in [2.75, 3.05) is 20.2 Å². The van der Waals surface area contributed by atoms with Crippen molar-refractivity contribution in [1.82, 2.24) is 9.80 Å². The highest BCUT2D eigenvalue weighted by atomic mass is 16.3. The van der Waals surface area contributed by atoms with Crippen molar-refractivity contribution >= 4 is 5.91 Å². The SMILES string of the molecule is CN1C(CO)C(=O)N(Cc2ccco2)CC1(C)C. The van der Waals surface area contributed by atoms with E-state index in [-0.39, 0.29) is 18.1 Å². The minimum absolute atomic E-state index is 0.0456. The Balaban J connectivity index is 2.18. The summed E-state index contributed by atoms with van der Waals surface area (Å²) in [6, 6.07) is 3.20. The third-order valence-corrected chi connectivity index (χ3v) is 3.70. The zero-order chi connectivity index (χ0) is 13.3. The second-order valence-electron chi connectivity index (χ2n) is 5.40. The highest BCUT2D eigenvalue weighted by molar-refractivity contribution is 5.83. The van der Waals surface area contributed by atoms with Crippen LogP contribution in [0.25, 0.3) is 0 Å². The maximum atomic E-state index is 12.3. The molecule has 0 bridgehead atoms. The summed E-state index contributed by atoms with van der Waals surface area (Å²) < 4.78 is 5.28. The van der Waals surface area contributed by atoms with Crippen LogP contribution in [0.3, 0.4) is 0 Å². The lowest BCUT2D eigenvalue weighted by molar-refractivity contribution is -0.151. The molecule has 0 aromatic carbocycles. The standard InChI is InChI=1S/C13H20N2O3/c1-13(2)9-15(7-10-5-4-6-18-10)12(17)11(8-16)14(13)3/h4-6,11,16H,7-9H2,1-3H3. The van der Waals surface area contributed by atoms with Crippen molar-refractivity contribution in [2.45, 2.75) is 32.0 Å². The third kappa shape index (κ3) is 2.28. The lowest BCUT2D eigenvalue weighted by Gasteiger charge is -2.48. The minimum Gasteiger partial charge on any atom is -0.467 e. The third-order valence-electron chi connectivity index (χ3n) is 3.70. The number of piperazine rings is 1. The van der Waals surface area contributed by atoms with Gasteiger partial charge in [-0.1, -0.05) is 0 Å². The Morgan fingerprint density at radius 3 is 2.83 bits per heavy atom. The van der Waals surface area contributed by atoms with E-state index in [1.165, 1.54) is 0 Å². The van der Waals surface area contributed by atoms with Crippen LogP contribution in [0.1, 0.15) is 19.6 Å². The smallest absolute Gasteiger partial charge is 0.242 e. The van der Waals surface area contributed by atoms with Gasteiger partial charge in [0.2, 0.25) is 5.91 Å². The molecule has 1 N–H and O–H groups in total. The summed E-state index contributed by atoms with van der Waals surface area (Å²) in [6.45, 7) is 5.06. The van der Waals surface area contributed by atoms with Gasteiger partial charge in [-0.15, -0.1) is 0 Å². The molecule has 2 rings (SSSR count). The number of aliphatic hydroxyl groups excluding tert-OH is 1. The molecule has 0 aliphatic carbocycles. The Morgan fingerprint density at radius 2 is 2.28 bits per heavy atom. The van der Waals surface area contributed by atoms with E-state index in [0.717, 1.165) is 5.76 Å². The number of hydrogen-bond donors (Lipinski definition) is 1. The topological polar surface area (TPSA) is 56.9 Å². The fourth-order valence-electron chi connectivity index (χ4n) is 2.38. The predicted molar refractivity (Wildman–Crippen MR) is 66.8 cm³/mol. The molecule has 1 aliphatic heterocycles. The molecule has 1 saturated heterocycles. The van der Waals surface area contributed by atoms with Crippen LogP contribution >= 0.6 is 0 Å². The van der Waals surface area contributed by atoms with Gasteiger partial charge in [0, 0.05) is 12.1 Å². The highest BCUT2D eigenvalue weighted by Gasteiger charge is 2.42. The minimum atomic E-state index is -0.469. The Morgan fingerprint density at radius 1 is 1.56 bits per heavy atom. The van der Waals surface area contributed by atoms with E-state index in [1.54, 1.807) is 11.2 Å². The number of rotatable bonds is 3. The molecule has 1 aromatic heterocycles. The largest absolute Gasteiger partial charge is 0.467 e. The number of aliphatic hydroxyl groups is 1. The first kappa shape index (κ1) is 13.1. The fraction of sp³-hybridized carbons (Fsp3) is 0.615. The number of nitrogens with zero attached hydrogens (tertiary/aromatic N) is 2. The van der Waals surface area contributed by atoms with E-state index in [0.29, 0.717) is 13.1 Å². The van der Waals surface area contributed by atoms with E-state index < -0.39 is 6.04 Å². The van der Waals surface area contributed by atoms with Gasteiger partial charge in [-0.3, -0.25) is 9.69 Å². The van der Waals surface area contributed by atoms with Crippen LogP contribution in [0.5, 0.6) is 0 Å². The lowest BCUT2D eigenvalue weighted by atomic mass is 9.95. The fourth-order valence-corrected chi connectivity index (χ4v) is 2.38. The molecule has 1 aromatic rings. The van der Waals surface area contributed by atoms with Crippen molar-refractivity contribution < 1.29 is 14.3 Å².